The smallest absolute Gasteiger partial charge is 0.305 e. The zero-order valence-electron chi connectivity index (χ0n) is 17.2. The Balaban J connectivity index is 1.60. The predicted octanol–water partition coefficient (Wildman–Crippen LogP) is 3.54. The van der Waals surface area contributed by atoms with E-state index in [2.05, 4.69) is 4.98 Å². The number of aromatic amines is 1. The normalized spacial score (nSPS) is 21.6. The number of fused-ring (bicyclic) bond motifs is 2. The third kappa shape index (κ3) is 3.53. The highest BCUT2D eigenvalue weighted by Gasteiger charge is 2.56. The van der Waals surface area contributed by atoms with Gasteiger partial charge in [0.15, 0.2) is 0 Å². The van der Waals surface area contributed by atoms with Crippen molar-refractivity contribution in [3.63, 3.8) is 0 Å². The first-order chi connectivity index (χ1) is 15.9. The van der Waals surface area contributed by atoms with Gasteiger partial charge in [0.25, 0.3) is 5.69 Å². The van der Waals surface area contributed by atoms with E-state index in [1.807, 2.05) is 6.92 Å². The van der Waals surface area contributed by atoms with Gasteiger partial charge in [0, 0.05) is 22.9 Å². The molecule has 1 fully saturated rings. The number of carbonyl (C=O) groups excluding carboxylic acids is 2. The van der Waals surface area contributed by atoms with Crippen molar-refractivity contribution in [1.82, 2.24) is 4.98 Å². The number of thioether (sulfide) groups is 1. The van der Waals surface area contributed by atoms with Crippen LogP contribution in [-0.4, -0.2) is 33.6 Å². The van der Waals surface area contributed by atoms with Crippen molar-refractivity contribution < 1.29 is 19.2 Å². The molecule has 0 bridgehead atoms. The van der Waals surface area contributed by atoms with E-state index in [1.54, 1.807) is 36.4 Å². The second-order valence-corrected chi connectivity index (χ2v) is 9.71. The summed E-state index contributed by atoms with van der Waals surface area (Å²) < 4.78 is 5.44. The fraction of sp³-hybridized carbons (Fsp3) is 0.227. The highest BCUT2D eigenvalue weighted by Crippen LogP contribution is 2.53. The van der Waals surface area contributed by atoms with E-state index in [4.69, 9.17) is 4.74 Å². The Labute approximate surface area is 195 Å². The van der Waals surface area contributed by atoms with Gasteiger partial charge in [0.05, 0.1) is 28.2 Å². The van der Waals surface area contributed by atoms with Crippen LogP contribution in [0.4, 0.5) is 11.4 Å². The van der Waals surface area contributed by atoms with Crippen molar-refractivity contribution >= 4 is 46.3 Å². The number of imide groups is 1. The van der Waals surface area contributed by atoms with Crippen LogP contribution in [0.5, 0.6) is 5.75 Å². The standard InChI is InChI=1S/C22H17N3O6S2/c1-2-31-14-8-6-12(7-9-14)24-20(26)16-15(11-4-3-5-13(10-11)25(29)30)17-19(23-22(28)33-17)32-18(16)21(24)27/h3-10,15-16,18H,2H2,1H3,(H,23,28). The maximum atomic E-state index is 13.6. The Morgan fingerprint density at radius 2 is 1.88 bits per heavy atom. The summed E-state index contributed by atoms with van der Waals surface area (Å²) in [6, 6.07) is 12.7. The Bertz CT molecular complexity index is 1330. The van der Waals surface area contributed by atoms with Gasteiger partial charge < -0.3 is 9.72 Å². The number of nitrogens with one attached hydrogen (secondary N) is 1. The van der Waals surface area contributed by atoms with E-state index in [-0.39, 0.29) is 16.5 Å². The zero-order chi connectivity index (χ0) is 23.3. The van der Waals surface area contributed by atoms with Gasteiger partial charge in [-0.3, -0.25) is 24.5 Å². The average molecular weight is 484 g/mol. The molecular weight excluding hydrogens is 466 g/mol. The Kier molecular flexibility index (Phi) is 5.29. The zero-order valence-corrected chi connectivity index (χ0v) is 18.9. The monoisotopic (exact) mass is 483 g/mol. The minimum atomic E-state index is -0.796. The lowest BCUT2D eigenvalue weighted by Crippen LogP contribution is -2.32. The van der Waals surface area contributed by atoms with Crippen molar-refractivity contribution in [2.75, 3.05) is 11.5 Å². The van der Waals surface area contributed by atoms with Gasteiger partial charge in [-0.05, 0) is 36.8 Å². The first-order valence-corrected chi connectivity index (χ1v) is 11.8. The Morgan fingerprint density at radius 3 is 2.58 bits per heavy atom. The number of hydrogen-bond donors (Lipinski definition) is 1. The highest BCUT2D eigenvalue weighted by molar-refractivity contribution is 8.00. The second-order valence-electron chi connectivity index (χ2n) is 7.54. The number of hydrogen-bond acceptors (Lipinski definition) is 8. The Morgan fingerprint density at radius 1 is 1.12 bits per heavy atom. The molecule has 1 aromatic heterocycles. The molecule has 0 aliphatic carbocycles. The van der Waals surface area contributed by atoms with Gasteiger partial charge >= 0.3 is 4.87 Å². The van der Waals surface area contributed by atoms with Crippen LogP contribution < -0.4 is 14.5 Å². The van der Waals surface area contributed by atoms with Gasteiger partial charge in [-0.2, -0.15) is 0 Å². The Hall–Kier alpha value is -3.44. The second kappa shape index (κ2) is 8.16. The molecule has 3 atom stereocenters. The van der Waals surface area contributed by atoms with Crippen LogP contribution in [0.1, 0.15) is 23.3 Å². The van der Waals surface area contributed by atoms with E-state index in [0.717, 1.165) is 28.0 Å². The maximum Gasteiger partial charge on any atom is 0.305 e. The third-order valence-corrected chi connectivity index (χ3v) is 8.07. The molecule has 5 rings (SSSR count). The van der Waals surface area contributed by atoms with Gasteiger partial charge in [-0.1, -0.05) is 35.2 Å². The summed E-state index contributed by atoms with van der Waals surface area (Å²) in [5.41, 5.74) is 0.829. The molecule has 2 aromatic carbocycles. The van der Waals surface area contributed by atoms with Crippen LogP contribution in [0.3, 0.4) is 0 Å². The molecule has 1 N–H and O–H groups in total. The molecule has 1 saturated heterocycles. The van der Waals surface area contributed by atoms with E-state index in [9.17, 15) is 24.5 Å². The van der Waals surface area contributed by atoms with Crippen LogP contribution >= 0.6 is 23.1 Å². The minimum absolute atomic E-state index is 0.119. The molecule has 11 heteroatoms. The lowest BCUT2D eigenvalue weighted by molar-refractivity contribution is -0.384. The molecule has 3 aromatic rings. The SMILES string of the molecule is CCOc1ccc(N2C(=O)C3Sc4[nH]c(=O)sc4C(c4cccc([N+](=O)[O-])c4)C3C2=O)cc1. The lowest BCUT2D eigenvalue weighted by atomic mass is 9.83. The number of benzene rings is 2. The summed E-state index contributed by atoms with van der Waals surface area (Å²) >= 11 is 2.13. The quantitative estimate of drug-likeness (QED) is 0.334. The number of ether oxygens (including phenoxy) is 1. The molecule has 2 aliphatic heterocycles. The highest BCUT2D eigenvalue weighted by atomic mass is 32.2. The first kappa shape index (κ1) is 21.4. The number of aromatic nitrogens is 1. The van der Waals surface area contributed by atoms with Crippen molar-refractivity contribution in [1.29, 1.82) is 0 Å². The lowest BCUT2D eigenvalue weighted by Gasteiger charge is -2.29. The summed E-state index contributed by atoms with van der Waals surface area (Å²) in [6.45, 7) is 2.35. The summed E-state index contributed by atoms with van der Waals surface area (Å²) in [4.78, 5) is 54.2. The first-order valence-electron chi connectivity index (χ1n) is 10.1. The molecule has 9 nitrogen and oxygen atoms in total. The number of amides is 2. The molecule has 3 unspecified atom stereocenters. The number of nitro groups is 1. The third-order valence-electron chi connectivity index (χ3n) is 5.67. The fourth-order valence-corrected chi connectivity index (χ4v) is 6.84. The van der Waals surface area contributed by atoms with Crippen molar-refractivity contribution in [2.24, 2.45) is 5.92 Å². The van der Waals surface area contributed by atoms with E-state index in [1.165, 1.54) is 12.1 Å². The van der Waals surface area contributed by atoms with Crippen molar-refractivity contribution in [3.8, 4) is 5.75 Å². The molecule has 2 amide bonds. The summed E-state index contributed by atoms with van der Waals surface area (Å²) in [5.74, 6) is -1.60. The molecule has 0 saturated carbocycles. The molecule has 168 valence electrons. The number of nitrogens with zero attached hydrogens (tertiary/aromatic N) is 2. The molecule has 0 radical (unpaired) electrons. The number of carbonyl (C=O) groups is 2. The van der Waals surface area contributed by atoms with Gasteiger partial charge in [-0.25, -0.2) is 4.90 Å². The maximum absolute atomic E-state index is 13.6. The summed E-state index contributed by atoms with van der Waals surface area (Å²) in [5, 5.41) is 11.1. The van der Waals surface area contributed by atoms with Crippen molar-refractivity contribution in [2.45, 2.75) is 23.1 Å². The fourth-order valence-electron chi connectivity index (χ4n) is 4.32. The topological polar surface area (TPSA) is 123 Å². The van der Waals surface area contributed by atoms with E-state index >= 15 is 0 Å². The number of H-pyrrole nitrogens is 1. The van der Waals surface area contributed by atoms with Gasteiger partial charge in [0.2, 0.25) is 11.8 Å². The van der Waals surface area contributed by atoms with E-state index in [0.29, 0.717) is 33.5 Å². The number of non-ortho nitro benzene ring substituents is 1. The largest absolute Gasteiger partial charge is 0.494 e. The summed E-state index contributed by atoms with van der Waals surface area (Å²) in [7, 11) is 0. The predicted molar refractivity (Wildman–Crippen MR) is 123 cm³/mol. The van der Waals surface area contributed by atoms with Gasteiger partial charge in [0.1, 0.15) is 11.0 Å². The minimum Gasteiger partial charge on any atom is -0.494 e. The van der Waals surface area contributed by atoms with Crippen LogP contribution in [0.15, 0.2) is 58.4 Å². The molecule has 33 heavy (non-hydrogen) atoms. The number of rotatable bonds is 5. The number of anilines is 1. The summed E-state index contributed by atoms with van der Waals surface area (Å²) in [6.07, 6.45) is 0. The molecule has 3 heterocycles. The average Bonchev–Trinajstić information content (AvgIpc) is 3.29. The molecule has 2 aliphatic rings. The van der Waals surface area contributed by atoms with Crippen LogP contribution in [0.25, 0.3) is 0 Å². The van der Waals surface area contributed by atoms with Gasteiger partial charge in [-0.15, -0.1) is 0 Å². The molecule has 0 spiro atoms. The molecular formula is C22H17N3O6S2. The number of thiazole rings is 1. The van der Waals surface area contributed by atoms with Crippen molar-refractivity contribution in [3.05, 3.63) is 78.8 Å². The van der Waals surface area contributed by atoms with Crippen LogP contribution in [0.2, 0.25) is 0 Å². The van der Waals surface area contributed by atoms with Crippen LogP contribution in [0, 0.1) is 16.0 Å². The van der Waals surface area contributed by atoms with Crippen LogP contribution in [-0.2, 0) is 9.59 Å². The number of nitro benzene ring substituents is 1. The van der Waals surface area contributed by atoms with E-state index < -0.39 is 27.9 Å².